The summed E-state index contributed by atoms with van der Waals surface area (Å²) in [7, 11) is 0. The molecule has 3 heterocycles. The molecule has 0 aromatic rings. The van der Waals surface area contributed by atoms with Crippen LogP contribution in [0.15, 0.2) is 0 Å². The monoisotopic (exact) mass is 284 g/mol. The van der Waals surface area contributed by atoms with E-state index < -0.39 is 0 Å². The second kappa shape index (κ2) is 6.73. The third kappa shape index (κ3) is 3.53. The Morgan fingerprint density at radius 1 is 0.600 bits per heavy atom. The molecule has 116 valence electrons. The number of hydrogen-bond donors (Lipinski definition) is 0. The Labute approximate surface area is 122 Å². The van der Waals surface area contributed by atoms with E-state index in [0.717, 1.165) is 39.3 Å². The summed E-state index contributed by atoms with van der Waals surface area (Å²) in [5.41, 5.74) is 0. The summed E-state index contributed by atoms with van der Waals surface area (Å²) in [6, 6.07) is 0. The minimum atomic E-state index is -0.165. The molecule has 0 N–H and O–H groups in total. The highest BCUT2D eigenvalue weighted by Gasteiger charge is 2.36. The van der Waals surface area contributed by atoms with Crippen molar-refractivity contribution in [1.29, 1.82) is 0 Å². The molecule has 3 aliphatic heterocycles. The van der Waals surface area contributed by atoms with Gasteiger partial charge >= 0.3 is 0 Å². The Morgan fingerprint density at radius 2 is 1.15 bits per heavy atom. The molecule has 3 aliphatic rings. The van der Waals surface area contributed by atoms with Crippen molar-refractivity contribution in [3.8, 4) is 0 Å². The fourth-order valence-corrected chi connectivity index (χ4v) is 3.36. The predicted molar refractivity (Wildman–Crippen MR) is 75.5 cm³/mol. The zero-order chi connectivity index (χ0) is 13.9. The summed E-state index contributed by atoms with van der Waals surface area (Å²) in [6.07, 6.45) is 4.93. The zero-order valence-electron chi connectivity index (χ0n) is 12.8. The van der Waals surface area contributed by atoms with Crippen LogP contribution in [0.3, 0.4) is 0 Å². The van der Waals surface area contributed by atoms with Crippen LogP contribution in [-0.4, -0.2) is 44.9 Å². The summed E-state index contributed by atoms with van der Waals surface area (Å²) in [4.78, 5) is 0. The van der Waals surface area contributed by atoms with Crippen LogP contribution in [0.25, 0.3) is 0 Å². The predicted octanol–water partition coefficient (Wildman–Crippen LogP) is 2.61. The van der Waals surface area contributed by atoms with Gasteiger partial charge < -0.3 is 18.9 Å². The van der Waals surface area contributed by atoms with Gasteiger partial charge in [0, 0.05) is 19.1 Å². The summed E-state index contributed by atoms with van der Waals surface area (Å²) >= 11 is 0. The molecule has 0 amide bonds. The molecule has 4 heteroatoms. The lowest BCUT2D eigenvalue weighted by atomic mass is 9.92. The smallest absolute Gasteiger partial charge is 0.183 e. The van der Waals surface area contributed by atoms with Gasteiger partial charge in [0.2, 0.25) is 0 Å². The average Bonchev–Trinajstić information content (AvgIpc) is 2.49. The highest BCUT2D eigenvalue weighted by Crippen LogP contribution is 2.29. The third-order valence-electron chi connectivity index (χ3n) is 4.86. The molecule has 3 fully saturated rings. The Hall–Kier alpha value is -0.160. The zero-order valence-corrected chi connectivity index (χ0v) is 12.8. The average molecular weight is 284 g/mol. The first-order valence-electron chi connectivity index (χ1n) is 8.18. The van der Waals surface area contributed by atoms with Crippen LogP contribution in [0.4, 0.5) is 0 Å². The summed E-state index contributed by atoms with van der Waals surface area (Å²) in [6.45, 7) is 7.70. The Kier molecular flexibility index (Phi) is 4.97. The summed E-state index contributed by atoms with van der Waals surface area (Å²) in [5, 5.41) is 0. The van der Waals surface area contributed by atoms with E-state index in [1.54, 1.807) is 0 Å². The molecular formula is C16H28O4. The first-order valence-corrected chi connectivity index (χ1v) is 8.18. The fraction of sp³-hybridized carbons (Fsp3) is 1.00. The van der Waals surface area contributed by atoms with E-state index in [9.17, 15) is 0 Å². The van der Waals surface area contributed by atoms with E-state index in [1.165, 1.54) is 12.8 Å². The Morgan fingerprint density at radius 3 is 1.65 bits per heavy atom. The van der Waals surface area contributed by atoms with E-state index in [4.69, 9.17) is 18.9 Å². The molecule has 4 nitrogen and oxygen atoms in total. The van der Waals surface area contributed by atoms with E-state index in [2.05, 4.69) is 13.8 Å². The SMILES string of the molecule is CC1CCC(C2COC(C3CCC(C)CO3)OC2)OC1. The van der Waals surface area contributed by atoms with E-state index in [-0.39, 0.29) is 12.4 Å². The van der Waals surface area contributed by atoms with Crippen molar-refractivity contribution in [2.24, 2.45) is 17.8 Å². The highest BCUT2D eigenvalue weighted by atomic mass is 16.7. The maximum absolute atomic E-state index is 5.93. The lowest BCUT2D eigenvalue weighted by molar-refractivity contribution is -0.269. The highest BCUT2D eigenvalue weighted by molar-refractivity contribution is 4.80. The molecular weight excluding hydrogens is 256 g/mol. The second-order valence-electron chi connectivity index (χ2n) is 6.90. The van der Waals surface area contributed by atoms with Gasteiger partial charge in [-0.15, -0.1) is 0 Å². The molecule has 0 saturated carbocycles. The molecule has 4 unspecified atom stereocenters. The first kappa shape index (κ1) is 14.8. The largest absolute Gasteiger partial charge is 0.377 e. The van der Waals surface area contributed by atoms with Gasteiger partial charge in [-0.25, -0.2) is 0 Å². The van der Waals surface area contributed by atoms with Crippen LogP contribution in [0.2, 0.25) is 0 Å². The number of ether oxygens (including phenoxy) is 4. The molecule has 3 rings (SSSR count). The van der Waals surface area contributed by atoms with Crippen LogP contribution < -0.4 is 0 Å². The van der Waals surface area contributed by atoms with Crippen molar-refractivity contribution in [2.45, 2.75) is 58.0 Å². The summed E-state index contributed by atoms with van der Waals surface area (Å²) < 4.78 is 23.6. The standard InChI is InChI=1S/C16H28O4/c1-11-3-5-14(17-7-11)13-9-19-16(20-10-13)15-6-4-12(2)8-18-15/h11-16H,3-10H2,1-2H3. The van der Waals surface area contributed by atoms with Crippen molar-refractivity contribution in [3.63, 3.8) is 0 Å². The number of rotatable bonds is 2. The van der Waals surface area contributed by atoms with Gasteiger partial charge in [0.25, 0.3) is 0 Å². The molecule has 0 aromatic heterocycles. The maximum Gasteiger partial charge on any atom is 0.183 e. The minimum Gasteiger partial charge on any atom is -0.377 e. The van der Waals surface area contributed by atoms with Crippen molar-refractivity contribution < 1.29 is 18.9 Å². The molecule has 0 radical (unpaired) electrons. The van der Waals surface area contributed by atoms with Crippen molar-refractivity contribution >= 4 is 0 Å². The normalized spacial score (nSPS) is 47.1. The van der Waals surface area contributed by atoms with E-state index in [0.29, 0.717) is 23.9 Å². The van der Waals surface area contributed by atoms with Crippen molar-refractivity contribution in [1.82, 2.24) is 0 Å². The van der Waals surface area contributed by atoms with Crippen LogP contribution in [0.1, 0.15) is 39.5 Å². The quantitative estimate of drug-likeness (QED) is 0.781. The Bertz CT molecular complexity index is 255. The van der Waals surface area contributed by atoms with Gasteiger partial charge in [-0.3, -0.25) is 0 Å². The van der Waals surface area contributed by atoms with Crippen LogP contribution in [0, 0.1) is 17.8 Å². The van der Waals surface area contributed by atoms with Gasteiger partial charge in [-0.1, -0.05) is 13.8 Å². The van der Waals surface area contributed by atoms with Gasteiger partial charge in [0.05, 0.1) is 19.3 Å². The third-order valence-corrected chi connectivity index (χ3v) is 4.86. The first-order chi connectivity index (χ1) is 9.72. The van der Waals surface area contributed by atoms with Gasteiger partial charge in [0.1, 0.15) is 6.10 Å². The Balaban J connectivity index is 1.42. The van der Waals surface area contributed by atoms with Crippen molar-refractivity contribution in [3.05, 3.63) is 0 Å². The van der Waals surface area contributed by atoms with Gasteiger partial charge in [-0.2, -0.15) is 0 Å². The fourth-order valence-electron chi connectivity index (χ4n) is 3.36. The van der Waals surface area contributed by atoms with Gasteiger partial charge in [0.15, 0.2) is 6.29 Å². The van der Waals surface area contributed by atoms with Gasteiger partial charge in [-0.05, 0) is 37.5 Å². The minimum absolute atomic E-state index is 0.124. The molecule has 3 saturated heterocycles. The van der Waals surface area contributed by atoms with Crippen LogP contribution in [-0.2, 0) is 18.9 Å². The van der Waals surface area contributed by atoms with Crippen LogP contribution in [0.5, 0.6) is 0 Å². The van der Waals surface area contributed by atoms with Crippen LogP contribution >= 0.6 is 0 Å². The number of hydrogen-bond acceptors (Lipinski definition) is 4. The molecule has 0 aromatic carbocycles. The maximum atomic E-state index is 5.93. The van der Waals surface area contributed by atoms with E-state index >= 15 is 0 Å². The topological polar surface area (TPSA) is 36.9 Å². The molecule has 0 aliphatic carbocycles. The molecule has 0 spiro atoms. The van der Waals surface area contributed by atoms with Crippen molar-refractivity contribution in [2.75, 3.05) is 26.4 Å². The molecule has 4 atom stereocenters. The lowest BCUT2D eigenvalue weighted by Crippen LogP contribution is -2.47. The van der Waals surface area contributed by atoms with E-state index in [1.807, 2.05) is 0 Å². The molecule has 20 heavy (non-hydrogen) atoms. The summed E-state index contributed by atoms with van der Waals surface area (Å²) in [5.74, 6) is 1.75. The second-order valence-corrected chi connectivity index (χ2v) is 6.90. The lowest BCUT2D eigenvalue weighted by Gasteiger charge is -2.40. The molecule has 0 bridgehead atoms.